The average Bonchev–Trinajstić information content (AvgIpc) is 3.06. The minimum absolute atomic E-state index is 0.151. The number of carbonyl (C=O) groups is 1. The van der Waals surface area contributed by atoms with Crippen LogP contribution in [0.3, 0.4) is 0 Å². The zero-order valence-corrected chi connectivity index (χ0v) is 13.2. The second kappa shape index (κ2) is 7.11. The fraction of sp³-hybridized carbons (Fsp3) is 0.588. The van der Waals surface area contributed by atoms with Gasteiger partial charge in [0.25, 0.3) is 0 Å². The summed E-state index contributed by atoms with van der Waals surface area (Å²) in [6.07, 6.45) is 2.29. The highest BCUT2D eigenvalue weighted by Gasteiger charge is 2.27. The summed E-state index contributed by atoms with van der Waals surface area (Å²) in [6, 6.07) is 7.71. The summed E-state index contributed by atoms with van der Waals surface area (Å²) >= 11 is 0. The van der Waals surface area contributed by atoms with E-state index in [-0.39, 0.29) is 5.91 Å². The van der Waals surface area contributed by atoms with Gasteiger partial charge in [-0.3, -0.25) is 9.69 Å². The molecule has 0 saturated carbocycles. The average molecular weight is 304 g/mol. The molecule has 0 radical (unpaired) electrons. The van der Waals surface area contributed by atoms with Crippen molar-refractivity contribution in [2.45, 2.75) is 12.8 Å². The molecule has 5 nitrogen and oxygen atoms in total. The van der Waals surface area contributed by atoms with Crippen LogP contribution in [0.25, 0.3) is 0 Å². The summed E-state index contributed by atoms with van der Waals surface area (Å²) < 4.78 is 10.8. The van der Waals surface area contributed by atoms with Crippen LogP contribution in [0.4, 0.5) is 5.69 Å². The first-order chi connectivity index (χ1) is 10.8. The molecule has 0 aliphatic carbocycles. The van der Waals surface area contributed by atoms with Crippen molar-refractivity contribution in [1.29, 1.82) is 0 Å². The lowest BCUT2D eigenvalue weighted by Gasteiger charge is -2.35. The van der Waals surface area contributed by atoms with Crippen LogP contribution in [0, 0.1) is 5.92 Å². The topological polar surface area (TPSA) is 42.0 Å². The molecule has 0 unspecified atom stereocenters. The maximum atomic E-state index is 12.5. The lowest BCUT2D eigenvalue weighted by Crippen LogP contribution is -2.50. The van der Waals surface area contributed by atoms with E-state index in [4.69, 9.17) is 9.47 Å². The highest BCUT2D eigenvalue weighted by Crippen LogP contribution is 2.29. The minimum Gasteiger partial charge on any atom is -0.495 e. The van der Waals surface area contributed by atoms with Crippen molar-refractivity contribution < 1.29 is 14.3 Å². The Morgan fingerprint density at radius 1 is 1.32 bits per heavy atom. The van der Waals surface area contributed by atoms with E-state index in [9.17, 15) is 4.79 Å². The number of rotatable bonds is 5. The molecular formula is C17H24N2O3. The van der Waals surface area contributed by atoms with Gasteiger partial charge in [-0.05, 0) is 37.4 Å². The molecule has 3 rings (SSSR count). The van der Waals surface area contributed by atoms with Crippen LogP contribution in [0.15, 0.2) is 24.3 Å². The molecule has 2 fully saturated rings. The molecule has 1 aromatic carbocycles. The van der Waals surface area contributed by atoms with Gasteiger partial charge in [0.1, 0.15) is 5.75 Å². The summed E-state index contributed by atoms with van der Waals surface area (Å²) in [7, 11) is 1.64. The molecule has 1 atom stereocenters. The maximum Gasteiger partial charge on any atom is 0.241 e. The predicted molar refractivity (Wildman–Crippen MR) is 85.3 cm³/mol. The number of nitrogens with zero attached hydrogens (tertiary/aromatic N) is 2. The van der Waals surface area contributed by atoms with Crippen LogP contribution < -0.4 is 9.64 Å². The molecule has 5 heteroatoms. The van der Waals surface area contributed by atoms with E-state index in [1.54, 1.807) is 7.11 Å². The fourth-order valence-corrected chi connectivity index (χ4v) is 3.20. The van der Waals surface area contributed by atoms with Crippen LogP contribution in [0.5, 0.6) is 5.75 Å². The molecule has 0 spiro atoms. The molecule has 1 aromatic rings. The summed E-state index contributed by atoms with van der Waals surface area (Å²) in [4.78, 5) is 16.6. The monoisotopic (exact) mass is 304 g/mol. The molecule has 0 N–H and O–H groups in total. The Balaban J connectivity index is 1.56. The maximum absolute atomic E-state index is 12.5. The van der Waals surface area contributed by atoms with E-state index < -0.39 is 0 Å². The van der Waals surface area contributed by atoms with Crippen LogP contribution >= 0.6 is 0 Å². The Bertz CT molecular complexity index is 514. The van der Waals surface area contributed by atoms with Gasteiger partial charge in [0.15, 0.2) is 0 Å². The second-order valence-corrected chi connectivity index (χ2v) is 6.01. The largest absolute Gasteiger partial charge is 0.495 e. The van der Waals surface area contributed by atoms with Crippen molar-refractivity contribution in [3.63, 3.8) is 0 Å². The van der Waals surface area contributed by atoms with Gasteiger partial charge in [0.05, 0.1) is 19.3 Å². The molecule has 120 valence electrons. The zero-order valence-electron chi connectivity index (χ0n) is 13.2. The smallest absolute Gasteiger partial charge is 0.241 e. The molecule has 2 saturated heterocycles. The van der Waals surface area contributed by atoms with Crippen molar-refractivity contribution in [2.24, 2.45) is 5.92 Å². The zero-order chi connectivity index (χ0) is 15.4. The SMILES string of the molecule is COc1ccccc1N1CCN(CC[C@H]2CCOC2)CC1=O. The van der Waals surface area contributed by atoms with Gasteiger partial charge in [-0.1, -0.05) is 12.1 Å². The fourth-order valence-electron chi connectivity index (χ4n) is 3.20. The normalized spacial score (nSPS) is 23.0. The van der Waals surface area contributed by atoms with E-state index >= 15 is 0 Å². The third-order valence-corrected chi connectivity index (χ3v) is 4.55. The number of ether oxygens (including phenoxy) is 2. The standard InChI is InChI=1S/C17H24N2O3/c1-21-16-5-3-2-4-15(16)19-10-9-18(12-17(19)20)8-6-14-7-11-22-13-14/h2-5,14H,6-13H2,1H3/t14-/m0/s1. The van der Waals surface area contributed by atoms with Gasteiger partial charge in [0.2, 0.25) is 5.91 Å². The number of methoxy groups -OCH3 is 1. The van der Waals surface area contributed by atoms with Crippen LogP contribution in [0.2, 0.25) is 0 Å². The highest BCUT2D eigenvalue weighted by atomic mass is 16.5. The Labute approximate surface area is 131 Å². The minimum atomic E-state index is 0.151. The third-order valence-electron chi connectivity index (χ3n) is 4.55. The molecule has 2 aliphatic heterocycles. The van der Waals surface area contributed by atoms with E-state index in [2.05, 4.69) is 4.90 Å². The van der Waals surface area contributed by atoms with Crippen molar-refractivity contribution in [2.75, 3.05) is 51.4 Å². The summed E-state index contributed by atoms with van der Waals surface area (Å²) in [5, 5.41) is 0. The Morgan fingerprint density at radius 2 is 2.18 bits per heavy atom. The number of piperazine rings is 1. The van der Waals surface area contributed by atoms with E-state index in [0.717, 1.165) is 57.1 Å². The summed E-state index contributed by atoms with van der Waals surface area (Å²) in [5.41, 5.74) is 0.874. The molecule has 0 aromatic heterocycles. The van der Waals surface area contributed by atoms with Gasteiger partial charge >= 0.3 is 0 Å². The summed E-state index contributed by atoms with van der Waals surface area (Å²) in [5.74, 6) is 1.58. The molecular weight excluding hydrogens is 280 g/mol. The van der Waals surface area contributed by atoms with E-state index in [1.165, 1.54) is 0 Å². The number of carbonyl (C=O) groups excluding carboxylic acids is 1. The van der Waals surface area contributed by atoms with Gasteiger partial charge < -0.3 is 14.4 Å². The molecule has 2 aliphatic rings. The molecule has 2 heterocycles. The number of amides is 1. The van der Waals surface area contributed by atoms with E-state index in [0.29, 0.717) is 12.5 Å². The van der Waals surface area contributed by atoms with Gasteiger partial charge in [0, 0.05) is 26.3 Å². The third kappa shape index (κ3) is 3.42. The van der Waals surface area contributed by atoms with Gasteiger partial charge in [-0.2, -0.15) is 0 Å². The first-order valence-corrected chi connectivity index (χ1v) is 8.01. The number of para-hydroxylation sites is 2. The Morgan fingerprint density at radius 3 is 2.91 bits per heavy atom. The van der Waals surface area contributed by atoms with Crippen molar-refractivity contribution in [1.82, 2.24) is 4.90 Å². The molecule has 1 amide bonds. The Kier molecular flexibility index (Phi) is 4.95. The lowest BCUT2D eigenvalue weighted by molar-refractivity contribution is -0.121. The van der Waals surface area contributed by atoms with Crippen molar-refractivity contribution >= 4 is 11.6 Å². The Hall–Kier alpha value is -1.59. The quantitative estimate of drug-likeness (QED) is 0.831. The number of benzene rings is 1. The highest BCUT2D eigenvalue weighted by molar-refractivity contribution is 5.96. The lowest BCUT2D eigenvalue weighted by atomic mass is 10.0. The molecule has 0 bridgehead atoms. The first kappa shape index (κ1) is 15.3. The summed E-state index contributed by atoms with van der Waals surface area (Å²) in [6.45, 7) is 4.89. The van der Waals surface area contributed by atoms with Gasteiger partial charge in [-0.15, -0.1) is 0 Å². The first-order valence-electron chi connectivity index (χ1n) is 8.01. The van der Waals surface area contributed by atoms with Crippen LogP contribution in [-0.2, 0) is 9.53 Å². The molecule has 22 heavy (non-hydrogen) atoms. The van der Waals surface area contributed by atoms with Crippen LogP contribution in [0.1, 0.15) is 12.8 Å². The van der Waals surface area contributed by atoms with Crippen LogP contribution in [-0.4, -0.2) is 57.3 Å². The van der Waals surface area contributed by atoms with Crippen molar-refractivity contribution in [3.05, 3.63) is 24.3 Å². The van der Waals surface area contributed by atoms with Gasteiger partial charge in [-0.25, -0.2) is 0 Å². The second-order valence-electron chi connectivity index (χ2n) is 6.01. The van der Waals surface area contributed by atoms with E-state index in [1.807, 2.05) is 29.2 Å². The number of anilines is 1. The number of hydrogen-bond donors (Lipinski definition) is 0. The number of hydrogen-bond acceptors (Lipinski definition) is 4. The van der Waals surface area contributed by atoms with Crippen molar-refractivity contribution in [3.8, 4) is 5.75 Å². The predicted octanol–water partition coefficient (Wildman–Crippen LogP) is 1.77.